The lowest BCUT2D eigenvalue weighted by Gasteiger charge is -2.14. The molecule has 1 fully saturated rings. The molecular formula is C20H29N5O2. The summed E-state index contributed by atoms with van der Waals surface area (Å²) >= 11 is 0. The van der Waals surface area contributed by atoms with Crippen molar-refractivity contribution in [2.75, 3.05) is 19.6 Å². The highest BCUT2D eigenvalue weighted by molar-refractivity contribution is 5.93. The standard InChI is InChI=1S/C20H29N5O2/c1-4-6-17-19(20(27)22-11-15-10-21-12-18(15)26)23-24-25(17)16-8-5-7-14(9-16)13(2)3/h5,7-9,13,15,18,21,26H,4,6,10-12H2,1-3H3,(H,22,27). The summed E-state index contributed by atoms with van der Waals surface area (Å²) in [6.07, 6.45) is 1.19. The van der Waals surface area contributed by atoms with E-state index in [0.29, 0.717) is 31.2 Å². The number of carbonyl (C=O) groups is 1. The lowest BCUT2D eigenvalue weighted by atomic mass is 10.0. The first-order chi connectivity index (χ1) is 13.0. The lowest BCUT2D eigenvalue weighted by Crippen LogP contribution is -2.35. The predicted molar refractivity (Wildman–Crippen MR) is 104 cm³/mol. The second-order valence-corrected chi connectivity index (χ2v) is 7.49. The SMILES string of the molecule is CCCc1c(C(=O)NCC2CNCC2O)nnn1-c1cccc(C(C)C)c1. The number of hydrogen-bond donors (Lipinski definition) is 3. The molecule has 146 valence electrons. The number of rotatable bonds is 7. The summed E-state index contributed by atoms with van der Waals surface area (Å²) in [6.45, 7) is 8.08. The Morgan fingerprint density at radius 3 is 2.89 bits per heavy atom. The van der Waals surface area contributed by atoms with Gasteiger partial charge in [-0.3, -0.25) is 4.79 Å². The highest BCUT2D eigenvalue weighted by Gasteiger charge is 2.26. The normalized spacial score (nSPS) is 19.6. The van der Waals surface area contributed by atoms with Crippen molar-refractivity contribution in [3.05, 3.63) is 41.2 Å². The van der Waals surface area contributed by atoms with Crippen LogP contribution in [0.5, 0.6) is 0 Å². The number of carbonyl (C=O) groups excluding carboxylic acids is 1. The maximum Gasteiger partial charge on any atom is 0.273 e. The number of nitrogens with zero attached hydrogens (tertiary/aromatic N) is 3. The fourth-order valence-corrected chi connectivity index (χ4v) is 3.40. The number of aliphatic hydroxyl groups is 1. The molecule has 7 heteroatoms. The van der Waals surface area contributed by atoms with Crippen LogP contribution in [0.3, 0.4) is 0 Å². The first-order valence-electron chi connectivity index (χ1n) is 9.73. The third-order valence-electron chi connectivity index (χ3n) is 5.08. The van der Waals surface area contributed by atoms with Gasteiger partial charge in [0.2, 0.25) is 0 Å². The van der Waals surface area contributed by atoms with E-state index in [4.69, 9.17) is 0 Å². The highest BCUT2D eigenvalue weighted by Crippen LogP contribution is 2.20. The molecule has 1 aliphatic rings. The minimum absolute atomic E-state index is 0.0290. The third kappa shape index (κ3) is 4.36. The van der Waals surface area contributed by atoms with E-state index < -0.39 is 6.10 Å². The molecule has 2 atom stereocenters. The van der Waals surface area contributed by atoms with Crippen molar-refractivity contribution >= 4 is 5.91 Å². The van der Waals surface area contributed by atoms with E-state index in [1.807, 2.05) is 12.1 Å². The first kappa shape index (κ1) is 19.5. The summed E-state index contributed by atoms with van der Waals surface area (Å²) in [6, 6.07) is 8.19. The highest BCUT2D eigenvalue weighted by atomic mass is 16.3. The molecule has 1 aliphatic heterocycles. The molecule has 1 aromatic heterocycles. The average Bonchev–Trinajstić information content (AvgIpc) is 3.26. The van der Waals surface area contributed by atoms with Crippen molar-refractivity contribution in [2.45, 2.75) is 45.6 Å². The van der Waals surface area contributed by atoms with Crippen LogP contribution >= 0.6 is 0 Å². The summed E-state index contributed by atoms with van der Waals surface area (Å²) in [4.78, 5) is 12.7. The quantitative estimate of drug-likeness (QED) is 0.688. The average molecular weight is 371 g/mol. The Labute approximate surface area is 160 Å². The van der Waals surface area contributed by atoms with Crippen LogP contribution in [-0.4, -0.2) is 51.7 Å². The molecule has 0 saturated carbocycles. The van der Waals surface area contributed by atoms with Crippen molar-refractivity contribution in [3.63, 3.8) is 0 Å². The molecule has 0 spiro atoms. The zero-order valence-corrected chi connectivity index (χ0v) is 16.3. The number of hydrogen-bond acceptors (Lipinski definition) is 5. The number of benzene rings is 1. The second kappa shape index (κ2) is 8.63. The Kier molecular flexibility index (Phi) is 6.23. The van der Waals surface area contributed by atoms with Crippen LogP contribution in [0.4, 0.5) is 0 Å². The van der Waals surface area contributed by atoms with Gasteiger partial charge in [0.25, 0.3) is 5.91 Å². The topological polar surface area (TPSA) is 92.1 Å². The van der Waals surface area contributed by atoms with Crippen molar-refractivity contribution in [2.24, 2.45) is 5.92 Å². The van der Waals surface area contributed by atoms with Crippen LogP contribution in [-0.2, 0) is 6.42 Å². The van der Waals surface area contributed by atoms with E-state index in [1.54, 1.807) is 4.68 Å². The van der Waals surface area contributed by atoms with Crippen molar-refractivity contribution in [3.8, 4) is 5.69 Å². The molecule has 7 nitrogen and oxygen atoms in total. The predicted octanol–water partition coefficient (Wildman–Crippen LogP) is 1.65. The lowest BCUT2D eigenvalue weighted by molar-refractivity contribution is 0.0921. The molecule has 0 bridgehead atoms. The maximum atomic E-state index is 12.7. The van der Waals surface area contributed by atoms with E-state index in [1.165, 1.54) is 5.56 Å². The Morgan fingerprint density at radius 2 is 2.22 bits per heavy atom. The van der Waals surface area contributed by atoms with Gasteiger partial charge in [-0.2, -0.15) is 0 Å². The monoisotopic (exact) mass is 371 g/mol. The molecule has 2 heterocycles. The van der Waals surface area contributed by atoms with Gasteiger partial charge in [0, 0.05) is 25.6 Å². The molecule has 3 rings (SSSR count). The molecule has 3 N–H and O–H groups in total. The Balaban J connectivity index is 1.82. The van der Waals surface area contributed by atoms with E-state index in [2.05, 4.69) is 53.8 Å². The largest absolute Gasteiger partial charge is 0.391 e. The minimum atomic E-state index is -0.421. The number of aliphatic hydroxyl groups excluding tert-OH is 1. The van der Waals surface area contributed by atoms with Crippen LogP contribution in [0, 0.1) is 5.92 Å². The molecule has 1 saturated heterocycles. The fourth-order valence-electron chi connectivity index (χ4n) is 3.40. The summed E-state index contributed by atoms with van der Waals surface area (Å²) in [7, 11) is 0. The molecular weight excluding hydrogens is 342 g/mol. The molecule has 2 unspecified atom stereocenters. The maximum absolute atomic E-state index is 12.7. The smallest absolute Gasteiger partial charge is 0.273 e. The Morgan fingerprint density at radius 1 is 1.41 bits per heavy atom. The van der Waals surface area contributed by atoms with Crippen LogP contribution in [0.2, 0.25) is 0 Å². The van der Waals surface area contributed by atoms with Gasteiger partial charge < -0.3 is 15.7 Å². The summed E-state index contributed by atoms with van der Waals surface area (Å²) < 4.78 is 1.77. The van der Waals surface area contributed by atoms with Gasteiger partial charge in [-0.15, -0.1) is 5.10 Å². The zero-order chi connectivity index (χ0) is 19.4. The molecule has 1 aromatic carbocycles. The number of aromatic nitrogens is 3. The molecule has 27 heavy (non-hydrogen) atoms. The molecule has 0 radical (unpaired) electrons. The van der Waals surface area contributed by atoms with E-state index in [9.17, 15) is 9.90 Å². The van der Waals surface area contributed by atoms with Gasteiger partial charge >= 0.3 is 0 Å². The van der Waals surface area contributed by atoms with Gasteiger partial charge in [-0.1, -0.05) is 44.5 Å². The van der Waals surface area contributed by atoms with Crippen LogP contribution < -0.4 is 10.6 Å². The Hall–Kier alpha value is -2.25. The van der Waals surface area contributed by atoms with Gasteiger partial charge in [-0.25, -0.2) is 4.68 Å². The molecule has 2 aromatic rings. The number of amides is 1. The number of β-amino-alcohol motifs (C(OH)–C–C–N with tert-alkyl or cyclic N) is 1. The summed E-state index contributed by atoms with van der Waals surface area (Å²) in [5, 5.41) is 24.4. The van der Waals surface area contributed by atoms with Gasteiger partial charge in [0.15, 0.2) is 5.69 Å². The van der Waals surface area contributed by atoms with Gasteiger partial charge in [-0.05, 0) is 30.0 Å². The zero-order valence-electron chi connectivity index (χ0n) is 16.3. The summed E-state index contributed by atoms with van der Waals surface area (Å²) in [5.74, 6) is 0.211. The van der Waals surface area contributed by atoms with Crippen LogP contribution in [0.15, 0.2) is 24.3 Å². The van der Waals surface area contributed by atoms with Crippen LogP contribution in [0.1, 0.15) is 54.9 Å². The third-order valence-corrected chi connectivity index (χ3v) is 5.08. The van der Waals surface area contributed by atoms with Crippen molar-refractivity contribution < 1.29 is 9.90 Å². The van der Waals surface area contributed by atoms with Gasteiger partial charge in [0.05, 0.1) is 17.5 Å². The first-order valence-corrected chi connectivity index (χ1v) is 9.73. The molecule has 0 aliphatic carbocycles. The van der Waals surface area contributed by atoms with Crippen molar-refractivity contribution in [1.82, 2.24) is 25.6 Å². The van der Waals surface area contributed by atoms with E-state index >= 15 is 0 Å². The molecule has 1 amide bonds. The van der Waals surface area contributed by atoms with E-state index in [-0.39, 0.29) is 11.8 Å². The van der Waals surface area contributed by atoms with Crippen molar-refractivity contribution in [1.29, 1.82) is 0 Å². The Bertz CT molecular complexity index is 786. The second-order valence-electron chi connectivity index (χ2n) is 7.49. The van der Waals surface area contributed by atoms with Crippen LogP contribution in [0.25, 0.3) is 5.69 Å². The number of nitrogens with one attached hydrogen (secondary N) is 2. The van der Waals surface area contributed by atoms with E-state index in [0.717, 1.165) is 24.2 Å². The fraction of sp³-hybridized carbons (Fsp3) is 0.550. The van der Waals surface area contributed by atoms with Gasteiger partial charge in [0.1, 0.15) is 0 Å². The summed E-state index contributed by atoms with van der Waals surface area (Å²) in [5.41, 5.74) is 3.33. The minimum Gasteiger partial charge on any atom is -0.391 e.